The predicted octanol–water partition coefficient (Wildman–Crippen LogP) is 3.55. The van der Waals surface area contributed by atoms with Crippen LogP contribution >= 0.6 is 0 Å². The molecular formula is C24H15N3O6S2-2. The molecule has 0 aliphatic rings. The highest BCUT2D eigenvalue weighted by Crippen LogP contribution is 2.29. The van der Waals surface area contributed by atoms with Gasteiger partial charge >= 0.3 is 0 Å². The van der Waals surface area contributed by atoms with Crippen molar-refractivity contribution in [2.45, 2.75) is 9.79 Å². The lowest BCUT2D eigenvalue weighted by atomic mass is 10.1. The number of nitrogens with zero attached hydrogens (tertiary/aromatic N) is 3. The van der Waals surface area contributed by atoms with Crippen LogP contribution in [-0.4, -0.2) is 40.9 Å². The molecule has 1 aromatic heterocycles. The summed E-state index contributed by atoms with van der Waals surface area (Å²) in [5, 5.41) is 9.30. The van der Waals surface area contributed by atoms with E-state index in [-0.39, 0.29) is 21.5 Å². The SMILES string of the molecule is O=S(=O)([O-])c1cc(-n2nc3ccc4c(S(=O)(=O)[O-])cccc4c3n2)ccc1/C=C/c1ccccc1. The maximum Gasteiger partial charge on any atom is 0.125 e. The van der Waals surface area contributed by atoms with Crippen LogP contribution in [0.3, 0.4) is 0 Å². The minimum atomic E-state index is -4.83. The number of benzene rings is 4. The quantitative estimate of drug-likeness (QED) is 0.260. The van der Waals surface area contributed by atoms with E-state index < -0.39 is 25.1 Å². The fourth-order valence-corrected chi connectivity index (χ4v) is 5.17. The molecule has 0 saturated heterocycles. The van der Waals surface area contributed by atoms with Gasteiger partial charge in [-0.05, 0) is 35.4 Å². The van der Waals surface area contributed by atoms with Crippen molar-refractivity contribution < 1.29 is 25.9 Å². The molecule has 9 nitrogen and oxygen atoms in total. The Labute approximate surface area is 200 Å². The third kappa shape index (κ3) is 4.45. The normalized spacial score (nSPS) is 12.6. The molecule has 0 bridgehead atoms. The van der Waals surface area contributed by atoms with Crippen LogP contribution in [0, 0.1) is 0 Å². The summed E-state index contributed by atoms with van der Waals surface area (Å²) in [6.07, 6.45) is 3.23. The van der Waals surface area contributed by atoms with Gasteiger partial charge in [0, 0.05) is 10.8 Å². The van der Waals surface area contributed by atoms with Gasteiger partial charge in [-0.3, -0.25) is 0 Å². The van der Waals surface area contributed by atoms with E-state index in [4.69, 9.17) is 0 Å². The Hall–Kier alpha value is -3.90. The van der Waals surface area contributed by atoms with E-state index >= 15 is 0 Å². The van der Waals surface area contributed by atoms with Gasteiger partial charge in [-0.25, -0.2) is 16.8 Å². The third-order valence-corrected chi connectivity index (χ3v) is 7.18. The molecule has 0 spiro atoms. The molecule has 0 atom stereocenters. The van der Waals surface area contributed by atoms with Gasteiger partial charge in [0.05, 0.1) is 15.5 Å². The van der Waals surface area contributed by atoms with Crippen LogP contribution in [-0.2, 0) is 20.2 Å². The van der Waals surface area contributed by atoms with Crippen LogP contribution in [0.25, 0.3) is 39.6 Å². The highest BCUT2D eigenvalue weighted by Gasteiger charge is 2.15. The molecule has 0 fully saturated rings. The van der Waals surface area contributed by atoms with E-state index in [9.17, 15) is 25.9 Å². The van der Waals surface area contributed by atoms with Gasteiger partial charge < -0.3 is 9.11 Å². The molecule has 0 saturated carbocycles. The van der Waals surface area contributed by atoms with Crippen LogP contribution in [0.4, 0.5) is 0 Å². The zero-order chi connectivity index (χ0) is 24.8. The first-order valence-electron chi connectivity index (χ1n) is 10.2. The summed E-state index contributed by atoms with van der Waals surface area (Å²) < 4.78 is 70.9. The Balaban J connectivity index is 1.64. The van der Waals surface area contributed by atoms with Crippen molar-refractivity contribution in [3.63, 3.8) is 0 Å². The Bertz CT molecular complexity index is 1850. The van der Waals surface area contributed by atoms with Gasteiger partial charge in [0.25, 0.3) is 0 Å². The summed E-state index contributed by atoms with van der Waals surface area (Å²) in [4.78, 5) is 0.343. The highest BCUT2D eigenvalue weighted by molar-refractivity contribution is 7.86. The molecule has 0 unspecified atom stereocenters. The molecule has 35 heavy (non-hydrogen) atoms. The number of aromatic nitrogens is 3. The van der Waals surface area contributed by atoms with Crippen molar-refractivity contribution >= 4 is 54.2 Å². The summed E-state index contributed by atoms with van der Waals surface area (Å²) in [6.45, 7) is 0. The fraction of sp³-hybridized carbons (Fsp3) is 0. The van der Waals surface area contributed by atoms with Crippen LogP contribution in [0.15, 0.2) is 88.7 Å². The Morgan fingerprint density at radius 1 is 0.686 bits per heavy atom. The first kappa shape index (κ1) is 22.9. The molecular weight excluding hydrogens is 490 g/mol. The smallest absolute Gasteiger partial charge is 0.125 e. The molecule has 0 radical (unpaired) electrons. The molecule has 5 rings (SSSR count). The molecule has 1 heterocycles. The predicted molar refractivity (Wildman–Crippen MR) is 128 cm³/mol. The van der Waals surface area contributed by atoms with Gasteiger partial charge in [-0.15, -0.1) is 10.2 Å². The standard InChI is InChI=1S/C24H17N3O6S2/c28-34(29,30)22-8-4-7-20-19(22)13-14-21-24(20)26-27(25-21)18-12-11-17(23(15-18)35(31,32)33)10-9-16-5-2-1-3-6-16/h1-15H,(H,28,29,30)(H,31,32,33)/p-2/b10-9+. The van der Waals surface area contributed by atoms with E-state index in [0.717, 1.165) is 10.4 Å². The lowest BCUT2D eigenvalue weighted by molar-refractivity contribution is 0.461. The maximum atomic E-state index is 12.0. The molecule has 0 N–H and O–H groups in total. The molecule has 11 heteroatoms. The zero-order valence-electron chi connectivity index (χ0n) is 17.8. The zero-order valence-corrected chi connectivity index (χ0v) is 19.4. The van der Waals surface area contributed by atoms with Crippen LogP contribution < -0.4 is 0 Å². The van der Waals surface area contributed by atoms with Crippen molar-refractivity contribution in [3.05, 3.63) is 90.0 Å². The van der Waals surface area contributed by atoms with Crippen LogP contribution in [0.5, 0.6) is 0 Å². The fourth-order valence-electron chi connectivity index (χ4n) is 3.79. The maximum absolute atomic E-state index is 12.0. The molecule has 5 aromatic rings. The minimum Gasteiger partial charge on any atom is -0.744 e. The largest absolute Gasteiger partial charge is 0.744 e. The Kier molecular flexibility index (Phi) is 5.49. The van der Waals surface area contributed by atoms with Crippen molar-refractivity contribution in [2.24, 2.45) is 0 Å². The van der Waals surface area contributed by atoms with Crippen LogP contribution in [0.2, 0.25) is 0 Å². The van der Waals surface area contributed by atoms with E-state index in [2.05, 4.69) is 10.2 Å². The van der Waals surface area contributed by atoms with E-state index in [1.807, 2.05) is 30.3 Å². The second-order valence-electron chi connectivity index (χ2n) is 7.65. The van der Waals surface area contributed by atoms with Crippen molar-refractivity contribution in [3.8, 4) is 5.69 Å². The average Bonchev–Trinajstić information content (AvgIpc) is 3.27. The summed E-state index contributed by atoms with van der Waals surface area (Å²) in [5.74, 6) is 0. The average molecular weight is 506 g/mol. The lowest BCUT2D eigenvalue weighted by Gasteiger charge is -2.12. The van der Waals surface area contributed by atoms with Crippen molar-refractivity contribution in [1.82, 2.24) is 15.0 Å². The van der Waals surface area contributed by atoms with Crippen molar-refractivity contribution in [1.29, 1.82) is 0 Å². The summed E-state index contributed by atoms with van der Waals surface area (Å²) in [6, 6.07) is 20.7. The Morgan fingerprint density at radius 2 is 1.43 bits per heavy atom. The minimum absolute atomic E-state index is 0.200. The topological polar surface area (TPSA) is 145 Å². The molecule has 0 aliphatic carbocycles. The first-order valence-corrected chi connectivity index (χ1v) is 13.0. The number of fused-ring (bicyclic) bond motifs is 3. The molecule has 0 amide bonds. The summed E-state index contributed by atoms with van der Waals surface area (Å²) >= 11 is 0. The first-order chi connectivity index (χ1) is 16.6. The molecule has 0 aliphatic heterocycles. The van der Waals surface area contributed by atoms with Gasteiger partial charge in [0.1, 0.15) is 31.3 Å². The van der Waals surface area contributed by atoms with E-state index in [1.165, 1.54) is 42.5 Å². The Morgan fingerprint density at radius 3 is 2.14 bits per heavy atom. The van der Waals surface area contributed by atoms with Gasteiger partial charge in [0.2, 0.25) is 0 Å². The van der Waals surface area contributed by atoms with Crippen LogP contribution in [0.1, 0.15) is 11.1 Å². The highest BCUT2D eigenvalue weighted by atomic mass is 32.2. The summed E-state index contributed by atoms with van der Waals surface area (Å²) in [5.41, 5.74) is 1.95. The number of hydrogen-bond acceptors (Lipinski definition) is 8. The lowest BCUT2D eigenvalue weighted by Crippen LogP contribution is -2.05. The van der Waals surface area contributed by atoms with Gasteiger partial charge in [-0.2, -0.15) is 4.80 Å². The van der Waals surface area contributed by atoms with E-state index in [0.29, 0.717) is 16.4 Å². The molecule has 176 valence electrons. The second kappa shape index (κ2) is 8.40. The van der Waals surface area contributed by atoms with Gasteiger partial charge in [0.15, 0.2) is 0 Å². The summed E-state index contributed by atoms with van der Waals surface area (Å²) in [7, 11) is -9.54. The number of hydrogen-bond donors (Lipinski definition) is 0. The second-order valence-corrected chi connectivity index (χ2v) is 10.3. The van der Waals surface area contributed by atoms with Gasteiger partial charge in [-0.1, -0.05) is 66.7 Å². The number of rotatable bonds is 5. The van der Waals surface area contributed by atoms with E-state index in [1.54, 1.807) is 18.2 Å². The molecule has 4 aromatic carbocycles. The third-order valence-electron chi connectivity index (χ3n) is 5.39. The monoisotopic (exact) mass is 505 g/mol. The van der Waals surface area contributed by atoms with Crippen molar-refractivity contribution in [2.75, 3.05) is 0 Å².